The van der Waals surface area contributed by atoms with E-state index in [1.54, 1.807) is 0 Å². The smallest absolute Gasteiger partial charge is 0.177 e. The largest absolute Gasteiger partial charge is 0.347 e. The van der Waals surface area contributed by atoms with Crippen molar-refractivity contribution in [3.63, 3.8) is 0 Å². The predicted molar refractivity (Wildman–Crippen MR) is 70.9 cm³/mol. The third-order valence-corrected chi connectivity index (χ3v) is 6.29. The minimum absolute atomic E-state index is 0.0408. The average molecular weight is 278 g/mol. The molecule has 2 saturated heterocycles. The zero-order valence-electron chi connectivity index (χ0n) is 11.8. The quantitative estimate of drug-likeness (QED) is 0.637. The summed E-state index contributed by atoms with van der Waals surface area (Å²) in [7, 11) is 0. The van der Waals surface area contributed by atoms with E-state index in [1.807, 2.05) is 0 Å². The maximum Gasteiger partial charge on any atom is 0.177 e. The molecular weight excluding hydrogens is 256 g/mol. The van der Waals surface area contributed by atoms with Crippen molar-refractivity contribution >= 4 is 0 Å². The first-order valence-corrected chi connectivity index (χ1v) is 8.04. The summed E-state index contributed by atoms with van der Waals surface area (Å²) in [6.07, 6.45) is 10.3. The van der Waals surface area contributed by atoms with Crippen LogP contribution in [0, 0.1) is 17.3 Å². The number of hydrogen-bond acceptors (Lipinski definition) is 4. The van der Waals surface area contributed by atoms with E-state index in [-0.39, 0.29) is 5.41 Å². The normalized spacial score (nSPS) is 47.2. The van der Waals surface area contributed by atoms with E-state index in [9.17, 15) is 0 Å². The highest BCUT2D eigenvalue weighted by atomic mass is 16.7. The molecule has 0 aromatic rings. The summed E-state index contributed by atoms with van der Waals surface area (Å²) in [4.78, 5) is 0. The molecule has 0 radical (unpaired) electrons. The summed E-state index contributed by atoms with van der Waals surface area (Å²) in [5, 5.41) is 0. The summed E-state index contributed by atoms with van der Waals surface area (Å²) in [5.74, 6) is 0.251. The molecule has 4 aliphatic carbocycles. The Balaban J connectivity index is 1.62. The van der Waals surface area contributed by atoms with Crippen molar-refractivity contribution in [2.24, 2.45) is 17.3 Å². The van der Waals surface area contributed by atoms with E-state index in [2.05, 4.69) is 12.2 Å². The molecule has 0 unspecified atom stereocenters. The highest BCUT2D eigenvalue weighted by molar-refractivity contribution is 5.26. The van der Waals surface area contributed by atoms with E-state index in [4.69, 9.17) is 18.9 Å². The van der Waals surface area contributed by atoms with E-state index >= 15 is 0 Å². The van der Waals surface area contributed by atoms with Gasteiger partial charge in [0.25, 0.3) is 0 Å². The molecule has 2 bridgehead atoms. The van der Waals surface area contributed by atoms with Gasteiger partial charge in [-0.05, 0) is 25.2 Å². The Morgan fingerprint density at radius 2 is 1.70 bits per heavy atom. The molecule has 2 saturated carbocycles. The van der Waals surface area contributed by atoms with Gasteiger partial charge in [0.1, 0.15) is 0 Å². The highest BCUT2D eigenvalue weighted by Gasteiger charge is 2.69. The lowest BCUT2D eigenvalue weighted by molar-refractivity contribution is -0.321. The van der Waals surface area contributed by atoms with Crippen LogP contribution in [0.5, 0.6) is 0 Å². The molecule has 4 heteroatoms. The lowest BCUT2D eigenvalue weighted by Crippen LogP contribution is -2.65. The standard InChI is InChI=1S/C16H22O4/c1-2-12-10-13-3-5-14(12,11-15(13)17-6-7-18-15)16(4-1)19-8-9-20-16/h3,5,12-13H,1-2,4,6-11H2/t12-,13+,14-/m1/s1. The molecule has 4 fully saturated rings. The molecule has 3 atom stereocenters. The Morgan fingerprint density at radius 3 is 2.50 bits per heavy atom. The molecule has 20 heavy (non-hydrogen) atoms. The lowest BCUT2D eigenvalue weighted by Gasteiger charge is -2.62. The minimum atomic E-state index is -0.417. The fraction of sp³-hybridized carbons (Fsp3) is 0.875. The second kappa shape index (κ2) is 3.86. The molecule has 0 aromatic heterocycles. The zero-order chi connectivity index (χ0) is 13.3. The van der Waals surface area contributed by atoms with Gasteiger partial charge in [0.05, 0.1) is 31.8 Å². The van der Waals surface area contributed by atoms with E-state index < -0.39 is 11.6 Å². The molecule has 2 aliphatic heterocycles. The summed E-state index contributed by atoms with van der Waals surface area (Å²) in [6.45, 7) is 2.89. The molecule has 0 N–H and O–H groups in total. The van der Waals surface area contributed by atoms with Crippen LogP contribution >= 0.6 is 0 Å². The third-order valence-electron chi connectivity index (χ3n) is 6.29. The minimum Gasteiger partial charge on any atom is -0.347 e. The van der Waals surface area contributed by atoms with Crippen LogP contribution in [0.25, 0.3) is 0 Å². The molecule has 0 amide bonds. The van der Waals surface area contributed by atoms with E-state index in [0.717, 1.165) is 45.7 Å². The second-order valence-electron chi connectivity index (χ2n) is 6.97. The van der Waals surface area contributed by atoms with Gasteiger partial charge in [-0.3, -0.25) is 0 Å². The van der Waals surface area contributed by atoms with Gasteiger partial charge in [0.15, 0.2) is 11.6 Å². The molecule has 0 aromatic carbocycles. The predicted octanol–water partition coefficient (Wildman–Crippen LogP) is 2.24. The molecule has 4 nitrogen and oxygen atoms in total. The van der Waals surface area contributed by atoms with Crippen LogP contribution in [-0.4, -0.2) is 38.0 Å². The highest BCUT2D eigenvalue weighted by Crippen LogP contribution is 2.66. The average Bonchev–Trinajstić information content (AvgIpc) is 3.11. The summed E-state index contributed by atoms with van der Waals surface area (Å²) < 4.78 is 24.5. The lowest BCUT2D eigenvalue weighted by atomic mass is 9.49. The molecule has 6 rings (SSSR count). The van der Waals surface area contributed by atoms with Gasteiger partial charge < -0.3 is 18.9 Å². The fourth-order valence-electron chi connectivity index (χ4n) is 5.50. The third kappa shape index (κ3) is 1.27. The van der Waals surface area contributed by atoms with Crippen molar-refractivity contribution in [3.05, 3.63) is 12.2 Å². The summed E-state index contributed by atoms with van der Waals surface area (Å²) >= 11 is 0. The number of ether oxygens (including phenoxy) is 4. The Bertz CT molecular complexity index is 447. The molecular formula is C16H22O4. The van der Waals surface area contributed by atoms with Crippen LogP contribution in [0.15, 0.2) is 12.2 Å². The monoisotopic (exact) mass is 278 g/mol. The van der Waals surface area contributed by atoms with Crippen LogP contribution in [0.2, 0.25) is 0 Å². The van der Waals surface area contributed by atoms with Gasteiger partial charge in [-0.2, -0.15) is 0 Å². The van der Waals surface area contributed by atoms with Gasteiger partial charge in [-0.15, -0.1) is 0 Å². The summed E-state index contributed by atoms with van der Waals surface area (Å²) in [5.41, 5.74) is -0.0408. The number of rotatable bonds is 0. The topological polar surface area (TPSA) is 36.9 Å². The second-order valence-corrected chi connectivity index (χ2v) is 6.97. The molecule has 3 spiro atoms. The Labute approximate surface area is 119 Å². The van der Waals surface area contributed by atoms with Crippen molar-refractivity contribution in [3.8, 4) is 0 Å². The van der Waals surface area contributed by atoms with E-state index in [0.29, 0.717) is 11.8 Å². The van der Waals surface area contributed by atoms with E-state index in [1.165, 1.54) is 12.8 Å². The maximum absolute atomic E-state index is 6.19. The van der Waals surface area contributed by atoms with Crippen molar-refractivity contribution in [2.75, 3.05) is 26.4 Å². The van der Waals surface area contributed by atoms with Gasteiger partial charge >= 0.3 is 0 Å². The first-order valence-electron chi connectivity index (χ1n) is 8.04. The van der Waals surface area contributed by atoms with Crippen LogP contribution in [-0.2, 0) is 18.9 Å². The van der Waals surface area contributed by atoms with Crippen LogP contribution in [0.1, 0.15) is 32.1 Å². The van der Waals surface area contributed by atoms with Crippen LogP contribution < -0.4 is 0 Å². The molecule has 110 valence electrons. The fourth-order valence-corrected chi connectivity index (χ4v) is 5.50. The Hall–Kier alpha value is -0.420. The Kier molecular flexibility index (Phi) is 2.35. The molecule has 2 heterocycles. The zero-order valence-corrected chi connectivity index (χ0v) is 11.8. The van der Waals surface area contributed by atoms with Crippen LogP contribution in [0.4, 0.5) is 0 Å². The van der Waals surface area contributed by atoms with Crippen molar-refractivity contribution in [2.45, 2.75) is 43.7 Å². The van der Waals surface area contributed by atoms with Gasteiger partial charge in [-0.25, -0.2) is 0 Å². The van der Waals surface area contributed by atoms with Gasteiger partial charge in [-0.1, -0.05) is 12.2 Å². The van der Waals surface area contributed by atoms with Crippen molar-refractivity contribution in [1.82, 2.24) is 0 Å². The number of hydrogen-bond donors (Lipinski definition) is 0. The van der Waals surface area contributed by atoms with Crippen LogP contribution in [0.3, 0.4) is 0 Å². The summed E-state index contributed by atoms with van der Waals surface area (Å²) in [6, 6.07) is 0. The first kappa shape index (κ1) is 12.2. The van der Waals surface area contributed by atoms with Crippen molar-refractivity contribution in [1.29, 1.82) is 0 Å². The SMILES string of the molecule is C1=C[C@@]23CC4(OCCO4)[C@@H]1C[C@H]2CCCC31OCCO1. The Morgan fingerprint density at radius 1 is 0.950 bits per heavy atom. The molecule has 6 aliphatic rings. The first-order chi connectivity index (χ1) is 9.79. The van der Waals surface area contributed by atoms with Gasteiger partial charge in [0, 0.05) is 18.8 Å². The van der Waals surface area contributed by atoms with Gasteiger partial charge in [0.2, 0.25) is 0 Å². The van der Waals surface area contributed by atoms with Crippen molar-refractivity contribution < 1.29 is 18.9 Å². The maximum atomic E-state index is 6.19.